The Bertz CT molecular complexity index is 690. The van der Waals surface area contributed by atoms with E-state index in [0.717, 1.165) is 0 Å². The van der Waals surface area contributed by atoms with Crippen LogP contribution in [0.25, 0.3) is 0 Å². The highest BCUT2D eigenvalue weighted by Crippen LogP contribution is 2.13. The summed E-state index contributed by atoms with van der Waals surface area (Å²) in [6.45, 7) is -0.103. The maximum Gasteiger partial charge on any atom is 0.243 e. The van der Waals surface area contributed by atoms with E-state index < -0.39 is 0 Å². The minimum Gasteiger partial charge on any atom is -0.336 e. The summed E-state index contributed by atoms with van der Waals surface area (Å²) in [6, 6.07) is 5.39. The maximum atomic E-state index is 12.8. The number of likely N-dealkylation sites (N-methyl/N-ethyl adjacent to an activating group) is 1. The number of rotatable bonds is 6. The molecular formula is C13H15FN6O2S. The van der Waals surface area contributed by atoms with Crippen LogP contribution in [0.15, 0.2) is 29.4 Å². The average Bonchev–Trinajstić information content (AvgIpc) is 2.92. The third-order valence-electron chi connectivity index (χ3n) is 2.84. The second-order valence-electron chi connectivity index (χ2n) is 4.68. The fraction of sp³-hybridized carbons (Fsp3) is 0.308. The van der Waals surface area contributed by atoms with Crippen LogP contribution in [-0.4, -0.2) is 56.3 Å². The number of aryl methyl sites for hydroxylation is 1. The highest BCUT2D eigenvalue weighted by atomic mass is 32.2. The molecule has 0 unspecified atom stereocenters. The monoisotopic (exact) mass is 338 g/mol. The van der Waals surface area contributed by atoms with Gasteiger partial charge in [0.05, 0.1) is 12.3 Å². The van der Waals surface area contributed by atoms with Gasteiger partial charge in [-0.3, -0.25) is 9.59 Å². The molecule has 1 heterocycles. The number of carbonyl (C=O) groups is 2. The molecule has 8 nitrogen and oxygen atoms in total. The van der Waals surface area contributed by atoms with Crippen molar-refractivity contribution in [2.45, 2.75) is 5.16 Å². The van der Waals surface area contributed by atoms with Crippen LogP contribution in [0.3, 0.4) is 0 Å². The van der Waals surface area contributed by atoms with E-state index in [1.807, 2.05) is 0 Å². The van der Waals surface area contributed by atoms with E-state index in [2.05, 4.69) is 20.8 Å². The van der Waals surface area contributed by atoms with E-state index in [9.17, 15) is 14.0 Å². The Kier molecular flexibility index (Phi) is 5.63. The van der Waals surface area contributed by atoms with Gasteiger partial charge in [0.2, 0.25) is 17.0 Å². The van der Waals surface area contributed by atoms with E-state index in [0.29, 0.717) is 10.8 Å². The summed E-state index contributed by atoms with van der Waals surface area (Å²) in [5, 5.41) is 14.0. The first-order valence-electron chi connectivity index (χ1n) is 6.60. The van der Waals surface area contributed by atoms with E-state index in [1.54, 1.807) is 7.05 Å². The van der Waals surface area contributed by atoms with E-state index in [-0.39, 0.29) is 29.9 Å². The lowest BCUT2D eigenvalue weighted by molar-refractivity contribution is -0.131. The smallest absolute Gasteiger partial charge is 0.243 e. The van der Waals surface area contributed by atoms with Crippen molar-refractivity contribution in [1.29, 1.82) is 0 Å². The topological polar surface area (TPSA) is 93.0 Å². The summed E-state index contributed by atoms with van der Waals surface area (Å²) in [4.78, 5) is 25.1. The molecule has 1 N–H and O–H groups in total. The summed E-state index contributed by atoms with van der Waals surface area (Å²) < 4.78 is 14.2. The zero-order chi connectivity index (χ0) is 16.8. The van der Waals surface area contributed by atoms with Crippen molar-refractivity contribution in [3.8, 4) is 0 Å². The second kappa shape index (κ2) is 7.68. The van der Waals surface area contributed by atoms with Gasteiger partial charge in [-0.1, -0.05) is 11.8 Å². The standard InChI is InChI=1S/C13H15FN6O2S/c1-19(12(22)8-23-13-16-17-18-20(13)2)7-11(21)15-10-5-3-9(14)4-6-10/h3-6H,7-8H2,1-2H3,(H,15,21). The third kappa shape index (κ3) is 5.02. The number of nitrogens with zero attached hydrogens (tertiary/aromatic N) is 5. The minimum atomic E-state index is -0.384. The summed E-state index contributed by atoms with van der Waals surface area (Å²) in [5.74, 6) is -0.857. The highest BCUT2D eigenvalue weighted by Gasteiger charge is 2.15. The summed E-state index contributed by atoms with van der Waals surface area (Å²) in [6.07, 6.45) is 0. The van der Waals surface area contributed by atoms with Gasteiger partial charge >= 0.3 is 0 Å². The van der Waals surface area contributed by atoms with Crippen molar-refractivity contribution in [3.05, 3.63) is 30.1 Å². The van der Waals surface area contributed by atoms with E-state index in [1.165, 1.54) is 52.7 Å². The van der Waals surface area contributed by atoms with Gasteiger partial charge < -0.3 is 10.2 Å². The molecule has 23 heavy (non-hydrogen) atoms. The van der Waals surface area contributed by atoms with Gasteiger partial charge in [-0.25, -0.2) is 9.07 Å². The maximum absolute atomic E-state index is 12.8. The molecular weight excluding hydrogens is 323 g/mol. The molecule has 0 spiro atoms. The Morgan fingerprint density at radius 2 is 2.04 bits per heavy atom. The van der Waals surface area contributed by atoms with Crippen LogP contribution in [0.1, 0.15) is 0 Å². The molecule has 2 aromatic rings. The Labute approximate surface area is 136 Å². The summed E-state index contributed by atoms with van der Waals surface area (Å²) in [7, 11) is 3.20. The fourth-order valence-corrected chi connectivity index (χ4v) is 2.41. The number of benzene rings is 1. The quantitative estimate of drug-likeness (QED) is 0.773. The van der Waals surface area contributed by atoms with Gasteiger partial charge in [-0.2, -0.15) is 0 Å². The Morgan fingerprint density at radius 3 is 2.65 bits per heavy atom. The van der Waals surface area contributed by atoms with Crippen molar-refractivity contribution in [1.82, 2.24) is 25.1 Å². The zero-order valence-electron chi connectivity index (χ0n) is 12.6. The average molecular weight is 338 g/mol. The molecule has 122 valence electrons. The van der Waals surface area contributed by atoms with Gasteiger partial charge in [0.25, 0.3) is 0 Å². The van der Waals surface area contributed by atoms with E-state index >= 15 is 0 Å². The zero-order valence-corrected chi connectivity index (χ0v) is 13.4. The van der Waals surface area contributed by atoms with E-state index in [4.69, 9.17) is 0 Å². The van der Waals surface area contributed by atoms with Crippen molar-refractivity contribution >= 4 is 29.3 Å². The molecule has 0 atom stereocenters. The molecule has 2 rings (SSSR count). The van der Waals surface area contributed by atoms with Crippen LogP contribution >= 0.6 is 11.8 Å². The largest absolute Gasteiger partial charge is 0.336 e. The van der Waals surface area contributed by atoms with Crippen molar-refractivity contribution in [3.63, 3.8) is 0 Å². The van der Waals surface area contributed by atoms with Crippen LogP contribution in [0.4, 0.5) is 10.1 Å². The Hall–Kier alpha value is -2.49. The van der Waals surface area contributed by atoms with Crippen LogP contribution in [-0.2, 0) is 16.6 Å². The Morgan fingerprint density at radius 1 is 1.35 bits per heavy atom. The lowest BCUT2D eigenvalue weighted by Gasteiger charge is -2.16. The first-order valence-corrected chi connectivity index (χ1v) is 7.59. The predicted molar refractivity (Wildman–Crippen MR) is 82.2 cm³/mol. The summed E-state index contributed by atoms with van der Waals surface area (Å²) >= 11 is 1.19. The van der Waals surface area contributed by atoms with Crippen molar-refractivity contribution in [2.24, 2.45) is 7.05 Å². The van der Waals surface area contributed by atoms with Crippen LogP contribution in [0.5, 0.6) is 0 Å². The minimum absolute atomic E-state index is 0.103. The molecule has 0 aliphatic rings. The van der Waals surface area contributed by atoms with Gasteiger partial charge in [-0.05, 0) is 34.7 Å². The molecule has 2 amide bonds. The predicted octanol–water partition coefficient (Wildman–Crippen LogP) is 0.538. The second-order valence-corrected chi connectivity index (χ2v) is 5.62. The van der Waals surface area contributed by atoms with Crippen LogP contribution in [0.2, 0.25) is 0 Å². The molecule has 1 aromatic carbocycles. The number of amides is 2. The Balaban J connectivity index is 1.79. The third-order valence-corrected chi connectivity index (χ3v) is 3.84. The van der Waals surface area contributed by atoms with Gasteiger partial charge in [-0.15, -0.1) is 5.10 Å². The first kappa shape index (κ1) is 16.9. The first-order chi connectivity index (χ1) is 11.0. The number of anilines is 1. The molecule has 0 saturated carbocycles. The highest BCUT2D eigenvalue weighted by molar-refractivity contribution is 7.99. The number of hydrogen-bond acceptors (Lipinski definition) is 6. The molecule has 1 aromatic heterocycles. The number of hydrogen-bond donors (Lipinski definition) is 1. The number of halogens is 1. The number of aromatic nitrogens is 4. The van der Waals surface area contributed by atoms with Gasteiger partial charge in [0.15, 0.2) is 0 Å². The normalized spacial score (nSPS) is 10.4. The van der Waals surface area contributed by atoms with Crippen LogP contribution in [0, 0.1) is 5.82 Å². The van der Waals surface area contributed by atoms with Gasteiger partial charge in [0, 0.05) is 19.8 Å². The number of nitrogens with one attached hydrogen (secondary N) is 1. The lowest BCUT2D eigenvalue weighted by atomic mass is 10.3. The molecule has 0 fully saturated rings. The number of tetrazole rings is 1. The SMILES string of the molecule is CN(CC(=O)Nc1ccc(F)cc1)C(=O)CSc1nnnn1C. The number of carbonyl (C=O) groups excluding carboxylic acids is 2. The molecule has 0 saturated heterocycles. The van der Waals surface area contributed by atoms with Gasteiger partial charge in [0.1, 0.15) is 5.82 Å². The molecule has 0 aliphatic carbocycles. The molecule has 0 aliphatic heterocycles. The lowest BCUT2D eigenvalue weighted by Crippen LogP contribution is -2.36. The molecule has 0 radical (unpaired) electrons. The van der Waals surface area contributed by atoms with Crippen LogP contribution < -0.4 is 5.32 Å². The molecule has 10 heteroatoms. The van der Waals surface area contributed by atoms with Crippen molar-refractivity contribution < 1.29 is 14.0 Å². The number of thioether (sulfide) groups is 1. The summed E-state index contributed by atoms with van der Waals surface area (Å²) in [5.41, 5.74) is 0.469. The molecule has 0 bridgehead atoms. The van der Waals surface area contributed by atoms with Crippen molar-refractivity contribution in [2.75, 3.05) is 24.7 Å². The fourth-order valence-electron chi connectivity index (χ4n) is 1.62.